The number of nitrogens with one attached hydrogen (secondary N) is 1. The third-order valence-corrected chi connectivity index (χ3v) is 4.03. The van der Waals surface area contributed by atoms with Crippen LogP contribution < -0.4 is 15.6 Å². The third-order valence-electron chi connectivity index (χ3n) is 4.03. The summed E-state index contributed by atoms with van der Waals surface area (Å²) in [5.74, 6) is 0.308. The van der Waals surface area contributed by atoms with Gasteiger partial charge in [0.1, 0.15) is 5.75 Å². The number of rotatable bonds is 5. The summed E-state index contributed by atoms with van der Waals surface area (Å²) in [7, 11) is 1.57. The van der Waals surface area contributed by atoms with Crippen molar-refractivity contribution >= 4 is 28.2 Å². The Morgan fingerprint density at radius 3 is 2.46 bits per heavy atom. The van der Waals surface area contributed by atoms with Gasteiger partial charge in [0.15, 0.2) is 5.78 Å². The van der Waals surface area contributed by atoms with Gasteiger partial charge in [0.2, 0.25) is 5.91 Å². The lowest BCUT2D eigenvalue weighted by atomic mass is 10.1. The summed E-state index contributed by atoms with van der Waals surface area (Å²) in [5, 5.41) is 3.94. The molecule has 1 aromatic heterocycles. The molecule has 0 radical (unpaired) electrons. The minimum absolute atomic E-state index is 0.0553. The number of pyridine rings is 1. The summed E-state index contributed by atoms with van der Waals surface area (Å²) in [4.78, 5) is 36.1. The van der Waals surface area contributed by atoms with Gasteiger partial charge < -0.3 is 14.6 Å². The number of fused-ring (bicyclic) bond motifs is 1. The highest BCUT2D eigenvalue weighted by Crippen LogP contribution is 2.18. The number of hydrogen-bond acceptors (Lipinski definition) is 4. The molecule has 1 heterocycles. The highest BCUT2D eigenvalue weighted by Gasteiger charge is 2.10. The van der Waals surface area contributed by atoms with Crippen LogP contribution >= 0.6 is 0 Å². The number of anilines is 1. The SMILES string of the molecule is COc1ccc2c(=O)n(CC(=O)c3ccc(NC(C)=O)cc3)ccc2c1. The minimum atomic E-state index is -0.228. The topological polar surface area (TPSA) is 77.4 Å². The van der Waals surface area contributed by atoms with Gasteiger partial charge in [-0.3, -0.25) is 14.4 Å². The zero-order chi connectivity index (χ0) is 18.7. The molecule has 26 heavy (non-hydrogen) atoms. The minimum Gasteiger partial charge on any atom is -0.497 e. The molecular weight excluding hydrogens is 332 g/mol. The van der Waals surface area contributed by atoms with Crippen molar-refractivity contribution in [2.75, 3.05) is 12.4 Å². The van der Waals surface area contributed by atoms with Crippen LogP contribution in [0.1, 0.15) is 17.3 Å². The largest absolute Gasteiger partial charge is 0.497 e. The van der Waals surface area contributed by atoms with Crippen molar-refractivity contribution in [1.82, 2.24) is 4.57 Å². The Kier molecular flexibility index (Phi) is 4.84. The first-order chi connectivity index (χ1) is 12.5. The molecule has 0 unspecified atom stereocenters. The van der Waals surface area contributed by atoms with Gasteiger partial charge >= 0.3 is 0 Å². The predicted octanol–water partition coefficient (Wildman–Crippen LogP) is 2.85. The Morgan fingerprint density at radius 2 is 1.81 bits per heavy atom. The number of ether oxygens (including phenoxy) is 1. The maximum atomic E-state index is 12.6. The predicted molar refractivity (Wildman–Crippen MR) is 99.8 cm³/mol. The maximum absolute atomic E-state index is 12.6. The Hall–Kier alpha value is -3.41. The molecule has 132 valence electrons. The van der Waals surface area contributed by atoms with Gasteiger partial charge in [-0.25, -0.2) is 0 Å². The van der Waals surface area contributed by atoms with Crippen LogP contribution in [-0.2, 0) is 11.3 Å². The summed E-state index contributed by atoms with van der Waals surface area (Å²) >= 11 is 0. The number of ketones is 1. The molecule has 0 atom stereocenters. The van der Waals surface area contributed by atoms with Crippen LogP contribution in [0.2, 0.25) is 0 Å². The van der Waals surface area contributed by atoms with E-state index in [-0.39, 0.29) is 23.8 Å². The second-order valence-corrected chi connectivity index (χ2v) is 5.88. The van der Waals surface area contributed by atoms with Crippen LogP contribution in [0.3, 0.4) is 0 Å². The molecule has 1 N–H and O–H groups in total. The van der Waals surface area contributed by atoms with E-state index in [4.69, 9.17) is 4.74 Å². The lowest BCUT2D eigenvalue weighted by Gasteiger charge is -2.08. The first kappa shape index (κ1) is 17.4. The fraction of sp³-hybridized carbons (Fsp3) is 0.150. The molecule has 1 amide bonds. The van der Waals surface area contributed by atoms with E-state index in [0.29, 0.717) is 22.4 Å². The normalized spacial score (nSPS) is 10.5. The lowest BCUT2D eigenvalue weighted by molar-refractivity contribution is -0.114. The van der Waals surface area contributed by atoms with Crippen molar-refractivity contribution < 1.29 is 14.3 Å². The molecule has 0 spiro atoms. The number of benzene rings is 2. The summed E-state index contributed by atoms with van der Waals surface area (Å²) in [6, 6.07) is 13.6. The van der Waals surface area contributed by atoms with Gasteiger partial charge in [-0.1, -0.05) is 0 Å². The number of carbonyl (C=O) groups is 2. The van der Waals surface area contributed by atoms with Crippen LogP contribution in [0.15, 0.2) is 59.5 Å². The summed E-state index contributed by atoms with van der Waals surface area (Å²) in [5.41, 5.74) is 0.861. The number of aromatic nitrogens is 1. The van der Waals surface area contributed by atoms with E-state index in [1.165, 1.54) is 11.5 Å². The van der Waals surface area contributed by atoms with Gasteiger partial charge in [-0.2, -0.15) is 0 Å². The van der Waals surface area contributed by atoms with Crippen molar-refractivity contribution in [2.24, 2.45) is 0 Å². The monoisotopic (exact) mass is 350 g/mol. The number of Topliss-reactive ketones (excluding diaryl/α,β-unsaturated/α-hetero) is 1. The van der Waals surface area contributed by atoms with E-state index >= 15 is 0 Å². The second-order valence-electron chi connectivity index (χ2n) is 5.88. The van der Waals surface area contributed by atoms with Crippen LogP contribution in [0.4, 0.5) is 5.69 Å². The Bertz CT molecular complexity index is 1040. The van der Waals surface area contributed by atoms with E-state index < -0.39 is 0 Å². The number of amides is 1. The number of nitrogens with zero attached hydrogens (tertiary/aromatic N) is 1. The second kappa shape index (κ2) is 7.23. The molecule has 3 rings (SSSR count). The Morgan fingerprint density at radius 1 is 1.08 bits per heavy atom. The average molecular weight is 350 g/mol. The highest BCUT2D eigenvalue weighted by atomic mass is 16.5. The fourth-order valence-corrected chi connectivity index (χ4v) is 2.71. The molecule has 3 aromatic rings. The standard InChI is InChI=1S/C20H18N2O4/c1-13(23)21-16-5-3-14(4-6-16)19(24)12-22-10-9-15-11-17(26-2)7-8-18(15)20(22)25/h3-11H,12H2,1-2H3,(H,21,23). The molecule has 0 saturated heterocycles. The van der Waals surface area contributed by atoms with Crippen LogP contribution in [0.5, 0.6) is 5.75 Å². The van der Waals surface area contributed by atoms with Crippen LogP contribution in [0.25, 0.3) is 10.8 Å². The van der Waals surface area contributed by atoms with Crippen LogP contribution in [0, 0.1) is 0 Å². The summed E-state index contributed by atoms with van der Waals surface area (Å²) in [6.45, 7) is 1.36. The molecule has 0 bridgehead atoms. The fourth-order valence-electron chi connectivity index (χ4n) is 2.71. The van der Waals surface area contributed by atoms with Gasteiger partial charge in [0.05, 0.1) is 13.7 Å². The molecule has 0 fully saturated rings. The van der Waals surface area contributed by atoms with E-state index in [2.05, 4.69) is 5.32 Å². The van der Waals surface area contributed by atoms with Crippen molar-refractivity contribution in [3.05, 3.63) is 70.6 Å². The first-order valence-corrected chi connectivity index (χ1v) is 8.06. The lowest BCUT2D eigenvalue weighted by Crippen LogP contribution is -2.23. The van der Waals surface area contributed by atoms with Crippen molar-refractivity contribution in [2.45, 2.75) is 13.5 Å². The number of carbonyl (C=O) groups excluding carboxylic acids is 2. The van der Waals surface area contributed by atoms with Gasteiger partial charge in [0, 0.05) is 29.8 Å². The molecule has 0 aliphatic carbocycles. The molecule has 0 aliphatic rings. The molecule has 6 heteroatoms. The average Bonchev–Trinajstić information content (AvgIpc) is 2.63. The molecule has 0 saturated carbocycles. The first-order valence-electron chi connectivity index (χ1n) is 8.06. The van der Waals surface area contributed by atoms with Gasteiger partial charge in [0.25, 0.3) is 5.56 Å². The zero-order valence-corrected chi connectivity index (χ0v) is 14.5. The number of hydrogen-bond donors (Lipinski definition) is 1. The van der Waals surface area contributed by atoms with Crippen molar-refractivity contribution in [3.8, 4) is 5.75 Å². The Balaban J connectivity index is 1.84. The molecule has 0 aliphatic heterocycles. The molecular formula is C20H18N2O4. The van der Waals surface area contributed by atoms with Crippen molar-refractivity contribution in [1.29, 1.82) is 0 Å². The van der Waals surface area contributed by atoms with Gasteiger partial charge in [-0.15, -0.1) is 0 Å². The molecule has 6 nitrogen and oxygen atoms in total. The Labute approximate surface area is 150 Å². The molecule has 2 aromatic carbocycles. The van der Waals surface area contributed by atoms with E-state index in [1.54, 1.807) is 61.8 Å². The highest BCUT2D eigenvalue weighted by molar-refractivity contribution is 5.97. The zero-order valence-electron chi connectivity index (χ0n) is 14.5. The quantitative estimate of drug-likeness (QED) is 0.718. The summed E-state index contributed by atoms with van der Waals surface area (Å²) < 4.78 is 6.55. The van der Waals surface area contributed by atoms with Gasteiger partial charge in [-0.05, 0) is 53.9 Å². The number of methoxy groups -OCH3 is 1. The smallest absolute Gasteiger partial charge is 0.258 e. The van der Waals surface area contributed by atoms with Crippen molar-refractivity contribution in [3.63, 3.8) is 0 Å². The summed E-state index contributed by atoms with van der Waals surface area (Å²) in [6.07, 6.45) is 1.60. The van der Waals surface area contributed by atoms with E-state index in [1.807, 2.05) is 0 Å². The van der Waals surface area contributed by atoms with Crippen LogP contribution in [-0.4, -0.2) is 23.4 Å². The van der Waals surface area contributed by atoms with E-state index in [9.17, 15) is 14.4 Å². The third kappa shape index (κ3) is 3.64. The maximum Gasteiger partial charge on any atom is 0.258 e. The van der Waals surface area contributed by atoms with E-state index in [0.717, 1.165) is 5.39 Å².